The number of alkyl halides is 3. The molecule has 3 aromatic rings. The number of carbonyl (C=O) groups excluding carboxylic acids is 1. The fraction of sp³-hybridized carbons (Fsp3) is 0.300. The normalized spacial score (nSPS) is 11.5. The van der Waals surface area contributed by atoms with Crippen molar-refractivity contribution < 1.29 is 18.0 Å². The van der Waals surface area contributed by atoms with Crippen molar-refractivity contribution in [3.05, 3.63) is 73.9 Å². The number of aromatic nitrogens is 3. The van der Waals surface area contributed by atoms with E-state index in [1.165, 1.54) is 23.5 Å². The Balaban J connectivity index is 1.56. The van der Waals surface area contributed by atoms with Gasteiger partial charge in [0.15, 0.2) is 5.13 Å². The molecule has 0 unspecified atom stereocenters. The van der Waals surface area contributed by atoms with Gasteiger partial charge in [-0.25, -0.2) is 9.97 Å². The van der Waals surface area contributed by atoms with E-state index in [1.54, 1.807) is 20.0 Å². The number of aryl methyl sites for hydroxylation is 2. The van der Waals surface area contributed by atoms with Gasteiger partial charge in [-0.3, -0.25) is 9.59 Å². The van der Waals surface area contributed by atoms with Crippen LogP contribution in [0.15, 0.2) is 35.3 Å². The topological polar surface area (TPSA) is 87.7 Å². The molecule has 2 aromatic heterocycles. The first kappa shape index (κ1) is 21.7. The zero-order valence-corrected chi connectivity index (χ0v) is 17.1. The van der Waals surface area contributed by atoms with Crippen LogP contribution in [0.25, 0.3) is 0 Å². The molecule has 2 heterocycles. The molecule has 0 aliphatic rings. The molecular formula is C20H19F3N4O2S. The zero-order valence-electron chi connectivity index (χ0n) is 16.3. The molecule has 10 heteroatoms. The summed E-state index contributed by atoms with van der Waals surface area (Å²) in [5.74, 6) is 0.235. The van der Waals surface area contributed by atoms with Gasteiger partial charge in [-0.05, 0) is 38.0 Å². The molecule has 1 amide bonds. The van der Waals surface area contributed by atoms with Gasteiger partial charge in [-0.1, -0.05) is 12.1 Å². The molecule has 0 atom stereocenters. The first-order chi connectivity index (χ1) is 14.1. The van der Waals surface area contributed by atoms with Gasteiger partial charge in [0.2, 0.25) is 5.91 Å². The average molecular weight is 436 g/mol. The van der Waals surface area contributed by atoms with Crippen molar-refractivity contribution in [2.45, 2.75) is 39.3 Å². The number of H-pyrrole nitrogens is 1. The van der Waals surface area contributed by atoms with E-state index in [0.717, 1.165) is 17.0 Å². The van der Waals surface area contributed by atoms with E-state index in [2.05, 4.69) is 20.3 Å². The SMILES string of the molecule is Cc1nc(C)c(CCC(=O)Nc2ncc(Cc3ccc(C(F)(F)F)cc3)s2)c(=O)[nH]1. The second kappa shape index (κ2) is 8.78. The van der Waals surface area contributed by atoms with Crippen molar-refractivity contribution >= 4 is 22.4 Å². The minimum atomic E-state index is -4.36. The number of halogens is 3. The number of hydrogen-bond acceptors (Lipinski definition) is 5. The van der Waals surface area contributed by atoms with Gasteiger partial charge in [-0.2, -0.15) is 13.2 Å². The number of nitrogens with one attached hydrogen (secondary N) is 2. The maximum absolute atomic E-state index is 12.6. The second-order valence-electron chi connectivity index (χ2n) is 6.77. The van der Waals surface area contributed by atoms with Crippen LogP contribution in [-0.2, 0) is 23.8 Å². The summed E-state index contributed by atoms with van der Waals surface area (Å²) < 4.78 is 37.9. The van der Waals surface area contributed by atoms with E-state index >= 15 is 0 Å². The van der Waals surface area contributed by atoms with Crippen molar-refractivity contribution in [3.8, 4) is 0 Å². The van der Waals surface area contributed by atoms with Crippen LogP contribution in [0, 0.1) is 13.8 Å². The lowest BCUT2D eigenvalue weighted by Crippen LogP contribution is -2.20. The Morgan fingerprint density at radius 1 is 1.20 bits per heavy atom. The van der Waals surface area contributed by atoms with Crippen molar-refractivity contribution in [3.63, 3.8) is 0 Å². The summed E-state index contributed by atoms with van der Waals surface area (Å²) in [6, 6.07) is 4.94. The largest absolute Gasteiger partial charge is 0.416 e. The van der Waals surface area contributed by atoms with Crippen LogP contribution in [0.1, 0.15) is 39.5 Å². The average Bonchev–Trinajstić information content (AvgIpc) is 3.07. The lowest BCUT2D eigenvalue weighted by molar-refractivity contribution is -0.137. The highest BCUT2D eigenvalue weighted by Crippen LogP contribution is 2.30. The molecule has 0 aliphatic carbocycles. The van der Waals surface area contributed by atoms with E-state index in [1.807, 2.05) is 0 Å². The van der Waals surface area contributed by atoms with Gasteiger partial charge in [0, 0.05) is 35.2 Å². The van der Waals surface area contributed by atoms with Gasteiger partial charge < -0.3 is 10.3 Å². The van der Waals surface area contributed by atoms with Gasteiger partial charge >= 0.3 is 6.18 Å². The highest BCUT2D eigenvalue weighted by Gasteiger charge is 2.29. The Morgan fingerprint density at radius 2 is 1.90 bits per heavy atom. The summed E-state index contributed by atoms with van der Waals surface area (Å²) in [6.07, 6.45) is -2.02. The molecule has 0 bridgehead atoms. The van der Waals surface area contributed by atoms with E-state index in [9.17, 15) is 22.8 Å². The summed E-state index contributed by atoms with van der Waals surface area (Å²) in [6.45, 7) is 3.42. The Hall–Kier alpha value is -3.01. The third-order valence-electron chi connectivity index (χ3n) is 4.40. The first-order valence-corrected chi connectivity index (χ1v) is 9.90. The van der Waals surface area contributed by atoms with E-state index in [-0.39, 0.29) is 24.3 Å². The van der Waals surface area contributed by atoms with E-state index < -0.39 is 11.7 Å². The van der Waals surface area contributed by atoms with Gasteiger partial charge in [-0.15, -0.1) is 11.3 Å². The molecule has 3 rings (SSSR count). The Bertz CT molecular complexity index is 1100. The highest BCUT2D eigenvalue weighted by molar-refractivity contribution is 7.15. The van der Waals surface area contributed by atoms with Gasteiger partial charge in [0.1, 0.15) is 5.82 Å². The van der Waals surface area contributed by atoms with E-state index in [0.29, 0.717) is 34.2 Å². The lowest BCUT2D eigenvalue weighted by atomic mass is 10.1. The Morgan fingerprint density at radius 3 is 2.53 bits per heavy atom. The molecule has 30 heavy (non-hydrogen) atoms. The number of rotatable bonds is 6. The second-order valence-corrected chi connectivity index (χ2v) is 7.88. The summed E-state index contributed by atoms with van der Waals surface area (Å²) >= 11 is 1.25. The molecule has 0 radical (unpaired) electrons. The molecule has 1 aromatic carbocycles. The van der Waals surface area contributed by atoms with E-state index in [4.69, 9.17) is 0 Å². The van der Waals surface area contributed by atoms with Crippen LogP contribution in [0.5, 0.6) is 0 Å². The zero-order chi connectivity index (χ0) is 21.9. The maximum atomic E-state index is 12.6. The maximum Gasteiger partial charge on any atom is 0.416 e. The quantitative estimate of drug-likeness (QED) is 0.611. The van der Waals surface area contributed by atoms with Crippen LogP contribution in [0.4, 0.5) is 18.3 Å². The van der Waals surface area contributed by atoms with Crippen LogP contribution < -0.4 is 10.9 Å². The summed E-state index contributed by atoms with van der Waals surface area (Å²) in [4.78, 5) is 35.9. The molecule has 2 N–H and O–H groups in total. The molecule has 158 valence electrons. The highest BCUT2D eigenvalue weighted by atomic mass is 32.1. The molecule has 0 spiro atoms. The molecule has 0 saturated carbocycles. The Labute approximate surface area is 174 Å². The lowest BCUT2D eigenvalue weighted by Gasteiger charge is -2.07. The predicted molar refractivity (Wildman–Crippen MR) is 108 cm³/mol. The van der Waals surface area contributed by atoms with Crippen molar-refractivity contribution in [1.29, 1.82) is 0 Å². The predicted octanol–water partition coefficient (Wildman–Crippen LogP) is 4.02. The standard InChI is InChI=1S/C20H19F3N4O2S/c1-11-16(18(29)26-12(2)25-11)7-8-17(28)27-19-24-10-15(30-19)9-13-3-5-14(6-4-13)20(21,22)23/h3-6,10H,7-9H2,1-2H3,(H,24,27,28)(H,25,26,29). The minimum absolute atomic E-state index is 0.0997. The number of anilines is 1. The number of hydrogen-bond donors (Lipinski definition) is 2. The number of thiazole rings is 1. The molecule has 0 aliphatic heterocycles. The molecular weight excluding hydrogens is 417 g/mol. The monoisotopic (exact) mass is 436 g/mol. The van der Waals surface area contributed by atoms with Crippen LogP contribution >= 0.6 is 11.3 Å². The van der Waals surface area contributed by atoms with Crippen LogP contribution in [0.2, 0.25) is 0 Å². The summed E-state index contributed by atoms with van der Waals surface area (Å²) in [5, 5.41) is 3.08. The fourth-order valence-corrected chi connectivity index (χ4v) is 3.79. The minimum Gasteiger partial charge on any atom is -0.311 e. The first-order valence-electron chi connectivity index (χ1n) is 9.09. The third kappa shape index (κ3) is 5.53. The van der Waals surface area contributed by atoms with Gasteiger partial charge in [0.25, 0.3) is 5.56 Å². The van der Waals surface area contributed by atoms with Crippen molar-refractivity contribution in [1.82, 2.24) is 15.0 Å². The van der Waals surface area contributed by atoms with Crippen LogP contribution in [-0.4, -0.2) is 20.9 Å². The summed E-state index contributed by atoms with van der Waals surface area (Å²) in [7, 11) is 0. The number of amides is 1. The number of benzene rings is 1. The Kier molecular flexibility index (Phi) is 6.35. The number of aromatic amines is 1. The van der Waals surface area contributed by atoms with Crippen molar-refractivity contribution in [2.75, 3.05) is 5.32 Å². The molecule has 6 nitrogen and oxygen atoms in total. The molecule has 0 saturated heterocycles. The number of carbonyl (C=O) groups is 1. The van der Waals surface area contributed by atoms with Crippen molar-refractivity contribution in [2.24, 2.45) is 0 Å². The third-order valence-corrected chi connectivity index (χ3v) is 5.32. The molecule has 0 fully saturated rings. The van der Waals surface area contributed by atoms with Crippen LogP contribution in [0.3, 0.4) is 0 Å². The smallest absolute Gasteiger partial charge is 0.311 e. The summed E-state index contributed by atoms with van der Waals surface area (Å²) in [5.41, 5.74) is 0.836. The van der Waals surface area contributed by atoms with Gasteiger partial charge in [0.05, 0.1) is 5.56 Å². The fourth-order valence-electron chi connectivity index (χ4n) is 2.93. The number of nitrogens with zero attached hydrogens (tertiary/aromatic N) is 2.